The number of nitrogens with one attached hydrogen (secondary N) is 2. The van der Waals surface area contributed by atoms with Crippen LogP contribution in [0.2, 0.25) is 0 Å². The molecule has 1 amide bonds. The average molecular weight is 368 g/mol. The highest BCUT2D eigenvalue weighted by atomic mass is 32.2. The molecular weight excluding hydrogens is 348 g/mol. The summed E-state index contributed by atoms with van der Waals surface area (Å²) in [6.07, 6.45) is 0. The van der Waals surface area contributed by atoms with E-state index in [0.29, 0.717) is 22.6 Å². The maximum Gasteiger partial charge on any atom is 0.234 e. The smallest absolute Gasteiger partial charge is 0.234 e. The lowest BCUT2D eigenvalue weighted by Crippen LogP contribution is -2.15. The van der Waals surface area contributed by atoms with E-state index in [9.17, 15) is 9.59 Å². The molecule has 2 aromatic carbocycles. The number of benzene rings is 2. The Hall–Kier alpha value is -2.73. The Morgan fingerprint density at radius 3 is 2.81 bits per heavy atom. The molecule has 3 rings (SSSR count). The van der Waals surface area contributed by atoms with Gasteiger partial charge in [-0.05, 0) is 31.2 Å². The van der Waals surface area contributed by atoms with Gasteiger partial charge < -0.3 is 15.0 Å². The van der Waals surface area contributed by atoms with E-state index in [-0.39, 0.29) is 17.1 Å². The molecule has 0 bridgehead atoms. The molecule has 0 unspecified atom stereocenters. The Kier molecular flexibility index (Phi) is 5.63. The van der Waals surface area contributed by atoms with Crippen LogP contribution in [0.25, 0.3) is 10.9 Å². The first kappa shape index (κ1) is 18.1. The van der Waals surface area contributed by atoms with Gasteiger partial charge in [-0.25, -0.2) is 0 Å². The number of ether oxygens (including phenoxy) is 1. The predicted octanol–water partition coefficient (Wildman–Crippen LogP) is 3.72. The summed E-state index contributed by atoms with van der Waals surface area (Å²) < 4.78 is 5.22. The Bertz CT molecular complexity index is 998. The molecule has 0 saturated carbocycles. The van der Waals surface area contributed by atoms with Gasteiger partial charge in [0.2, 0.25) is 5.91 Å². The van der Waals surface area contributed by atoms with Crippen molar-refractivity contribution < 1.29 is 9.53 Å². The van der Waals surface area contributed by atoms with E-state index in [1.807, 2.05) is 37.3 Å². The number of rotatable bonds is 6. The highest BCUT2D eigenvalue weighted by Gasteiger charge is 2.08. The number of thioether (sulfide) groups is 1. The van der Waals surface area contributed by atoms with Crippen LogP contribution in [0.15, 0.2) is 53.3 Å². The molecule has 0 aliphatic heterocycles. The van der Waals surface area contributed by atoms with Crippen molar-refractivity contribution in [2.24, 2.45) is 0 Å². The van der Waals surface area contributed by atoms with Gasteiger partial charge in [-0.15, -0.1) is 11.8 Å². The van der Waals surface area contributed by atoms with E-state index in [2.05, 4.69) is 10.3 Å². The second-order valence-electron chi connectivity index (χ2n) is 5.95. The van der Waals surface area contributed by atoms with Crippen LogP contribution in [0, 0.1) is 6.92 Å². The minimum atomic E-state index is -0.113. The maximum atomic E-state index is 12.2. The largest absolute Gasteiger partial charge is 0.495 e. The fourth-order valence-electron chi connectivity index (χ4n) is 2.68. The molecule has 26 heavy (non-hydrogen) atoms. The van der Waals surface area contributed by atoms with Gasteiger partial charge in [0, 0.05) is 28.4 Å². The monoisotopic (exact) mass is 368 g/mol. The summed E-state index contributed by atoms with van der Waals surface area (Å²) in [7, 11) is 1.57. The van der Waals surface area contributed by atoms with Crippen LogP contribution in [0.1, 0.15) is 11.3 Å². The molecule has 2 N–H and O–H groups in total. The molecule has 0 saturated heterocycles. The number of aryl methyl sites for hydroxylation is 1. The summed E-state index contributed by atoms with van der Waals surface area (Å²) in [5.74, 6) is 1.35. The van der Waals surface area contributed by atoms with Crippen LogP contribution in [0.4, 0.5) is 5.69 Å². The fraction of sp³-hybridized carbons (Fsp3) is 0.200. The summed E-state index contributed by atoms with van der Waals surface area (Å²) >= 11 is 1.44. The molecular formula is C20H20N2O3S. The van der Waals surface area contributed by atoms with Gasteiger partial charge in [-0.1, -0.05) is 23.8 Å². The summed E-state index contributed by atoms with van der Waals surface area (Å²) in [5, 5.41) is 3.53. The van der Waals surface area contributed by atoms with Gasteiger partial charge in [-0.2, -0.15) is 0 Å². The van der Waals surface area contributed by atoms with Crippen LogP contribution in [0.5, 0.6) is 5.75 Å². The van der Waals surface area contributed by atoms with Crippen LogP contribution >= 0.6 is 11.8 Å². The number of carbonyl (C=O) groups is 1. The number of pyridine rings is 1. The summed E-state index contributed by atoms with van der Waals surface area (Å²) in [4.78, 5) is 27.6. The molecule has 0 aliphatic carbocycles. The molecule has 3 aromatic rings. The summed E-state index contributed by atoms with van der Waals surface area (Å²) in [5.41, 5.74) is 3.32. The van der Waals surface area contributed by atoms with E-state index >= 15 is 0 Å². The number of fused-ring (bicyclic) bond motifs is 1. The minimum Gasteiger partial charge on any atom is -0.495 e. The SMILES string of the molecule is COc1ccccc1NC(=O)CSCc1cc(=O)c2cc(C)ccc2[nH]1. The van der Waals surface area contributed by atoms with E-state index in [0.717, 1.165) is 16.8 Å². The first-order valence-electron chi connectivity index (χ1n) is 8.20. The average Bonchev–Trinajstić information content (AvgIpc) is 2.63. The summed E-state index contributed by atoms with van der Waals surface area (Å²) in [6, 6.07) is 14.6. The van der Waals surface area contributed by atoms with E-state index in [1.54, 1.807) is 25.3 Å². The Balaban J connectivity index is 1.61. The van der Waals surface area contributed by atoms with Gasteiger partial charge in [0.25, 0.3) is 0 Å². The highest BCUT2D eigenvalue weighted by molar-refractivity contribution is 7.99. The molecule has 134 valence electrons. The van der Waals surface area contributed by atoms with Gasteiger partial charge in [0.1, 0.15) is 5.75 Å². The van der Waals surface area contributed by atoms with Crippen molar-refractivity contribution in [2.45, 2.75) is 12.7 Å². The molecule has 0 atom stereocenters. The number of anilines is 1. The number of amides is 1. The lowest BCUT2D eigenvalue weighted by atomic mass is 10.1. The normalized spacial score (nSPS) is 10.7. The van der Waals surface area contributed by atoms with Crippen molar-refractivity contribution in [1.29, 1.82) is 0 Å². The van der Waals surface area contributed by atoms with Crippen LogP contribution < -0.4 is 15.5 Å². The number of carbonyl (C=O) groups excluding carboxylic acids is 1. The highest BCUT2D eigenvalue weighted by Crippen LogP contribution is 2.23. The first-order valence-corrected chi connectivity index (χ1v) is 9.35. The molecule has 1 heterocycles. The van der Waals surface area contributed by atoms with Crippen molar-refractivity contribution in [3.63, 3.8) is 0 Å². The Morgan fingerprint density at radius 1 is 1.19 bits per heavy atom. The molecule has 0 spiro atoms. The number of hydrogen-bond acceptors (Lipinski definition) is 4. The van der Waals surface area contributed by atoms with Crippen molar-refractivity contribution >= 4 is 34.3 Å². The number of aromatic nitrogens is 1. The summed E-state index contributed by atoms with van der Waals surface area (Å²) in [6.45, 7) is 1.96. The van der Waals surface area contributed by atoms with Gasteiger partial charge >= 0.3 is 0 Å². The zero-order chi connectivity index (χ0) is 18.5. The van der Waals surface area contributed by atoms with E-state index in [4.69, 9.17) is 4.74 Å². The second-order valence-corrected chi connectivity index (χ2v) is 6.93. The van der Waals surface area contributed by atoms with Crippen LogP contribution in [0.3, 0.4) is 0 Å². The number of H-pyrrole nitrogens is 1. The van der Waals surface area contributed by atoms with Crippen LogP contribution in [-0.2, 0) is 10.5 Å². The first-order chi connectivity index (χ1) is 12.6. The Morgan fingerprint density at radius 2 is 2.00 bits per heavy atom. The lowest BCUT2D eigenvalue weighted by Gasteiger charge is -2.09. The van der Waals surface area contributed by atoms with Crippen molar-refractivity contribution in [3.8, 4) is 5.75 Å². The quantitative estimate of drug-likeness (QED) is 0.696. The van der Waals surface area contributed by atoms with Crippen molar-refractivity contribution in [2.75, 3.05) is 18.2 Å². The van der Waals surface area contributed by atoms with Crippen molar-refractivity contribution in [3.05, 3.63) is 70.0 Å². The van der Waals surface area contributed by atoms with Gasteiger partial charge in [0.05, 0.1) is 18.6 Å². The molecule has 0 radical (unpaired) electrons. The molecule has 0 fully saturated rings. The number of hydrogen-bond donors (Lipinski definition) is 2. The molecule has 6 heteroatoms. The number of para-hydroxylation sites is 2. The minimum absolute atomic E-state index is 0.00322. The third-order valence-corrected chi connectivity index (χ3v) is 4.89. The third-order valence-electron chi connectivity index (χ3n) is 3.91. The Labute approximate surface area is 155 Å². The lowest BCUT2D eigenvalue weighted by molar-refractivity contribution is -0.113. The van der Waals surface area contributed by atoms with Crippen molar-refractivity contribution in [1.82, 2.24) is 4.98 Å². The standard InChI is InChI=1S/C20H20N2O3S/c1-13-7-8-16-15(9-13)18(23)10-14(21-16)11-26-12-20(24)22-17-5-3-4-6-19(17)25-2/h3-10H,11-12H2,1-2H3,(H,21,23)(H,22,24). The second kappa shape index (κ2) is 8.10. The number of aromatic amines is 1. The van der Waals surface area contributed by atoms with E-state index < -0.39 is 0 Å². The topological polar surface area (TPSA) is 71.2 Å². The third kappa shape index (κ3) is 4.26. The predicted molar refractivity (Wildman–Crippen MR) is 107 cm³/mol. The molecule has 1 aromatic heterocycles. The zero-order valence-electron chi connectivity index (χ0n) is 14.7. The molecule has 5 nitrogen and oxygen atoms in total. The fourth-order valence-corrected chi connectivity index (χ4v) is 3.42. The van der Waals surface area contributed by atoms with E-state index in [1.165, 1.54) is 11.8 Å². The van der Waals surface area contributed by atoms with Gasteiger partial charge in [-0.3, -0.25) is 9.59 Å². The zero-order valence-corrected chi connectivity index (χ0v) is 15.5. The molecule has 0 aliphatic rings. The van der Waals surface area contributed by atoms with Crippen LogP contribution in [-0.4, -0.2) is 23.8 Å². The number of methoxy groups -OCH3 is 1. The van der Waals surface area contributed by atoms with Gasteiger partial charge in [0.15, 0.2) is 5.43 Å². The maximum absolute atomic E-state index is 12.2.